The molecule has 1 aliphatic rings. The fourth-order valence-electron chi connectivity index (χ4n) is 4.84. The lowest BCUT2D eigenvalue weighted by atomic mass is 9.83. The molecule has 1 N–H and O–H groups in total. The molecule has 37 heavy (non-hydrogen) atoms. The van der Waals surface area contributed by atoms with Gasteiger partial charge < -0.3 is 4.74 Å². The van der Waals surface area contributed by atoms with Crippen LogP contribution in [0.5, 0.6) is 11.6 Å². The standard InChI is InChI=1S/C30H26N2O5/c1-16(2)25-28(37-20-12-17(3)11-18(4)13-20)31-30(36)32(29(25)35)15-19-9-10-23-24(14-19)27(34)22-8-6-5-7-21(22)26(23)33/h5-14,16H,15H2,1-4H3,(H,31,36). The van der Waals surface area contributed by atoms with Gasteiger partial charge in [0.15, 0.2) is 11.6 Å². The summed E-state index contributed by atoms with van der Waals surface area (Å²) in [5.74, 6) is -0.0507. The molecule has 1 aliphatic carbocycles. The Bertz CT molecular complexity index is 1690. The minimum atomic E-state index is -0.626. The lowest BCUT2D eigenvalue weighted by Gasteiger charge is -2.19. The molecule has 0 unspecified atom stereocenters. The molecule has 0 amide bonds. The number of aromatic nitrogens is 2. The van der Waals surface area contributed by atoms with Gasteiger partial charge in [0, 0.05) is 22.3 Å². The number of benzene rings is 3. The molecule has 4 aromatic rings. The third-order valence-corrected chi connectivity index (χ3v) is 6.51. The normalized spacial score (nSPS) is 12.5. The molecule has 3 aromatic carbocycles. The summed E-state index contributed by atoms with van der Waals surface area (Å²) in [5.41, 5.74) is 3.12. The number of aryl methyl sites for hydroxylation is 2. The van der Waals surface area contributed by atoms with E-state index in [1.165, 1.54) is 0 Å². The van der Waals surface area contributed by atoms with Gasteiger partial charge in [-0.15, -0.1) is 0 Å². The second-order valence-electron chi connectivity index (χ2n) is 9.73. The second kappa shape index (κ2) is 9.17. The Morgan fingerprint density at radius 2 is 1.38 bits per heavy atom. The average Bonchev–Trinajstić information content (AvgIpc) is 2.84. The van der Waals surface area contributed by atoms with Gasteiger partial charge in [0.2, 0.25) is 5.88 Å². The molecule has 0 saturated heterocycles. The van der Waals surface area contributed by atoms with Gasteiger partial charge in [0.05, 0.1) is 12.1 Å². The summed E-state index contributed by atoms with van der Waals surface area (Å²) >= 11 is 0. The molecule has 1 heterocycles. The summed E-state index contributed by atoms with van der Waals surface area (Å²) in [5, 5.41) is 0. The summed E-state index contributed by atoms with van der Waals surface area (Å²) in [6.07, 6.45) is 0. The maximum Gasteiger partial charge on any atom is 0.331 e. The first-order valence-corrected chi connectivity index (χ1v) is 12.1. The molecular weight excluding hydrogens is 468 g/mol. The summed E-state index contributed by atoms with van der Waals surface area (Å²) in [6, 6.07) is 17.2. The Hall–Kier alpha value is -4.52. The van der Waals surface area contributed by atoms with Gasteiger partial charge in [0.1, 0.15) is 5.75 Å². The van der Waals surface area contributed by atoms with Crippen molar-refractivity contribution in [3.63, 3.8) is 0 Å². The van der Waals surface area contributed by atoms with Crippen molar-refractivity contribution in [1.82, 2.24) is 9.55 Å². The summed E-state index contributed by atoms with van der Waals surface area (Å²) < 4.78 is 7.07. The first-order chi connectivity index (χ1) is 17.6. The van der Waals surface area contributed by atoms with E-state index in [0.717, 1.165) is 15.7 Å². The second-order valence-corrected chi connectivity index (χ2v) is 9.73. The number of hydrogen-bond acceptors (Lipinski definition) is 5. The van der Waals surface area contributed by atoms with Crippen LogP contribution in [0.1, 0.15) is 73.9 Å². The zero-order chi connectivity index (χ0) is 26.4. The summed E-state index contributed by atoms with van der Waals surface area (Å²) in [7, 11) is 0. The van der Waals surface area contributed by atoms with Crippen molar-refractivity contribution >= 4 is 11.6 Å². The van der Waals surface area contributed by atoms with E-state index >= 15 is 0 Å². The number of ketones is 2. The quantitative estimate of drug-likeness (QED) is 0.375. The van der Waals surface area contributed by atoms with Crippen LogP contribution in [-0.2, 0) is 6.54 Å². The Morgan fingerprint density at radius 1 is 0.784 bits per heavy atom. The Labute approximate surface area is 213 Å². The van der Waals surface area contributed by atoms with Gasteiger partial charge in [-0.05, 0) is 60.7 Å². The van der Waals surface area contributed by atoms with E-state index in [1.54, 1.807) is 42.5 Å². The van der Waals surface area contributed by atoms with Crippen molar-refractivity contribution < 1.29 is 14.3 Å². The smallest absolute Gasteiger partial charge is 0.331 e. The van der Waals surface area contributed by atoms with Crippen LogP contribution in [0.15, 0.2) is 70.3 Å². The molecule has 0 aliphatic heterocycles. The molecular formula is C30H26N2O5. The number of fused-ring (bicyclic) bond motifs is 2. The highest BCUT2D eigenvalue weighted by atomic mass is 16.5. The zero-order valence-electron chi connectivity index (χ0n) is 21.0. The van der Waals surface area contributed by atoms with Crippen molar-refractivity contribution in [2.24, 2.45) is 0 Å². The average molecular weight is 495 g/mol. The van der Waals surface area contributed by atoms with Crippen molar-refractivity contribution in [2.45, 2.75) is 40.2 Å². The van der Waals surface area contributed by atoms with Gasteiger partial charge in [-0.25, -0.2) is 4.79 Å². The van der Waals surface area contributed by atoms with Crippen molar-refractivity contribution in [2.75, 3.05) is 0 Å². The van der Waals surface area contributed by atoms with Gasteiger partial charge in [-0.1, -0.05) is 50.2 Å². The van der Waals surface area contributed by atoms with Crippen LogP contribution >= 0.6 is 0 Å². The van der Waals surface area contributed by atoms with E-state index < -0.39 is 11.2 Å². The first-order valence-electron chi connectivity index (χ1n) is 12.1. The van der Waals surface area contributed by atoms with Crippen molar-refractivity contribution in [1.29, 1.82) is 0 Å². The molecule has 0 saturated carbocycles. The number of ether oxygens (including phenoxy) is 1. The fourth-order valence-corrected chi connectivity index (χ4v) is 4.84. The number of rotatable bonds is 5. The Morgan fingerprint density at radius 3 is 2.00 bits per heavy atom. The van der Waals surface area contributed by atoms with Crippen LogP contribution in [0, 0.1) is 13.8 Å². The van der Waals surface area contributed by atoms with E-state index in [-0.39, 0.29) is 35.5 Å². The van der Waals surface area contributed by atoms with Crippen LogP contribution in [0.25, 0.3) is 0 Å². The van der Waals surface area contributed by atoms with E-state index in [2.05, 4.69) is 4.98 Å². The maximum atomic E-state index is 13.5. The molecule has 1 aromatic heterocycles. The van der Waals surface area contributed by atoms with Gasteiger partial charge >= 0.3 is 5.69 Å². The molecule has 5 rings (SSSR count). The third kappa shape index (κ3) is 4.33. The zero-order valence-corrected chi connectivity index (χ0v) is 21.0. The molecule has 7 heteroatoms. The molecule has 0 radical (unpaired) electrons. The van der Waals surface area contributed by atoms with Crippen LogP contribution in [-0.4, -0.2) is 21.1 Å². The molecule has 186 valence electrons. The maximum absolute atomic E-state index is 13.5. The Kier molecular flexibility index (Phi) is 5.99. The lowest BCUT2D eigenvalue weighted by Crippen LogP contribution is -2.38. The van der Waals surface area contributed by atoms with E-state index in [4.69, 9.17) is 4.74 Å². The number of nitrogens with one attached hydrogen (secondary N) is 1. The summed E-state index contributed by atoms with van der Waals surface area (Å²) in [4.78, 5) is 55.3. The molecule has 0 fully saturated rings. The number of nitrogens with zero attached hydrogens (tertiary/aromatic N) is 1. The predicted octanol–water partition coefficient (Wildman–Crippen LogP) is 4.89. The highest BCUT2D eigenvalue weighted by molar-refractivity contribution is 6.28. The molecule has 0 spiro atoms. The molecule has 0 atom stereocenters. The van der Waals surface area contributed by atoms with Gasteiger partial charge in [0.25, 0.3) is 5.56 Å². The van der Waals surface area contributed by atoms with E-state index in [0.29, 0.717) is 33.6 Å². The SMILES string of the molecule is Cc1cc(C)cc(Oc2[nH]c(=O)n(Cc3ccc4c(c3)C(=O)c3ccccc3C4=O)c(=O)c2C(C)C)c1. The highest BCUT2D eigenvalue weighted by Gasteiger charge is 2.29. The minimum absolute atomic E-state index is 0.0614. The topological polar surface area (TPSA) is 98.2 Å². The van der Waals surface area contributed by atoms with Crippen molar-refractivity contribution in [3.05, 3.63) is 126 Å². The summed E-state index contributed by atoms with van der Waals surface area (Å²) in [6.45, 7) is 7.54. The Balaban J connectivity index is 1.54. The first kappa shape index (κ1) is 24.2. The van der Waals surface area contributed by atoms with Gasteiger partial charge in [-0.3, -0.25) is 23.9 Å². The van der Waals surface area contributed by atoms with Crippen molar-refractivity contribution in [3.8, 4) is 11.6 Å². The lowest BCUT2D eigenvalue weighted by molar-refractivity contribution is 0.0979. The number of hydrogen-bond donors (Lipinski definition) is 1. The van der Waals surface area contributed by atoms with Crippen LogP contribution in [0.2, 0.25) is 0 Å². The minimum Gasteiger partial charge on any atom is -0.440 e. The predicted molar refractivity (Wildman–Crippen MR) is 140 cm³/mol. The molecule has 0 bridgehead atoms. The number of aromatic amines is 1. The van der Waals surface area contributed by atoms with Crippen LogP contribution in [0.3, 0.4) is 0 Å². The highest BCUT2D eigenvalue weighted by Crippen LogP contribution is 2.29. The van der Waals surface area contributed by atoms with Crippen LogP contribution in [0.4, 0.5) is 0 Å². The third-order valence-electron chi connectivity index (χ3n) is 6.51. The van der Waals surface area contributed by atoms with Crippen LogP contribution < -0.4 is 16.0 Å². The largest absolute Gasteiger partial charge is 0.440 e. The fraction of sp³-hybridized carbons (Fsp3) is 0.200. The van der Waals surface area contributed by atoms with E-state index in [9.17, 15) is 19.2 Å². The number of H-pyrrole nitrogens is 1. The molecule has 7 nitrogen and oxygen atoms in total. The van der Waals surface area contributed by atoms with E-state index in [1.807, 2.05) is 45.9 Å². The van der Waals surface area contributed by atoms with Gasteiger partial charge in [-0.2, -0.15) is 0 Å². The monoisotopic (exact) mass is 494 g/mol. The number of carbonyl (C=O) groups excluding carboxylic acids is 2. The number of carbonyl (C=O) groups is 2.